The van der Waals surface area contributed by atoms with Gasteiger partial charge in [-0.05, 0) is 54.4 Å². The van der Waals surface area contributed by atoms with E-state index in [9.17, 15) is 23.2 Å². The van der Waals surface area contributed by atoms with E-state index in [1.807, 2.05) is 30.3 Å². The van der Waals surface area contributed by atoms with Gasteiger partial charge in [0.25, 0.3) is 5.91 Å². The van der Waals surface area contributed by atoms with Crippen molar-refractivity contribution in [1.29, 1.82) is 0 Å². The number of hydroxylamine groups is 1. The molecule has 3 aromatic rings. The van der Waals surface area contributed by atoms with Gasteiger partial charge in [-0.3, -0.25) is 10.0 Å². The van der Waals surface area contributed by atoms with Gasteiger partial charge in [0, 0.05) is 26.4 Å². The number of carbonyl (C=O) groups is 2. The number of hydrogen-bond donors (Lipinski definition) is 4. The highest BCUT2D eigenvalue weighted by molar-refractivity contribution is 7.89. The molecule has 3 aromatic carbocycles. The third kappa shape index (κ3) is 8.97. The topological polar surface area (TPSA) is 154 Å². The molecule has 0 saturated heterocycles. The molecule has 0 heterocycles. The van der Waals surface area contributed by atoms with Crippen molar-refractivity contribution in [1.82, 2.24) is 15.1 Å². The number of hydrogen-bond acceptors (Lipinski definition) is 7. The largest absolute Gasteiger partial charge is 0.490 e. The molecular weight excluding hydrogens is 562 g/mol. The van der Waals surface area contributed by atoms with Gasteiger partial charge in [-0.15, -0.1) is 5.92 Å². The average Bonchev–Trinajstić information content (AvgIpc) is 2.98. The molecule has 0 bridgehead atoms. The fourth-order valence-electron chi connectivity index (χ4n) is 4.13. The first-order valence-electron chi connectivity index (χ1n) is 13.0. The zero-order valence-electron chi connectivity index (χ0n) is 23.2. The summed E-state index contributed by atoms with van der Waals surface area (Å²) in [6, 6.07) is 20.1. The van der Waals surface area contributed by atoms with E-state index in [4.69, 9.17) is 14.6 Å². The molecule has 0 spiro atoms. The molecular formula is C30H33N3O8S. The van der Waals surface area contributed by atoms with Crippen LogP contribution in [0.5, 0.6) is 11.5 Å². The highest BCUT2D eigenvalue weighted by Crippen LogP contribution is 2.29. The molecule has 2 unspecified atom stereocenters. The SMILES string of the molecule is CC#CCOc1ccc(S(=O)(=O)N(C)C(C(=O)NO)c2ccc(OC(CCNC(=O)O)Cc3ccccc3)cc2)cc1. The number of ether oxygens (including phenoxy) is 2. The third-order valence-corrected chi connectivity index (χ3v) is 8.09. The third-order valence-electron chi connectivity index (χ3n) is 6.26. The van der Waals surface area contributed by atoms with Crippen molar-refractivity contribution in [2.24, 2.45) is 0 Å². The molecule has 0 aliphatic carbocycles. The number of benzene rings is 3. The van der Waals surface area contributed by atoms with Crippen molar-refractivity contribution in [2.75, 3.05) is 20.2 Å². The molecule has 11 nitrogen and oxygen atoms in total. The van der Waals surface area contributed by atoms with Gasteiger partial charge in [-0.2, -0.15) is 4.31 Å². The summed E-state index contributed by atoms with van der Waals surface area (Å²) < 4.78 is 39.2. The van der Waals surface area contributed by atoms with E-state index in [-0.39, 0.29) is 29.7 Å². The lowest BCUT2D eigenvalue weighted by Crippen LogP contribution is -2.40. The maximum Gasteiger partial charge on any atom is 0.404 e. The summed E-state index contributed by atoms with van der Waals surface area (Å²) in [5, 5.41) is 20.7. The van der Waals surface area contributed by atoms with Crippen LogP contribution < -0.4 is 20.3 Å². The molecule has 3 rings (SSSR count). The quantitative estimate of drug-likeness (QED) is 0.125. The minimum absolute atomic E-state index is 0.0756. The number of sulfonamides is 1. The van der Waals surface area contributed by atoms with Crippen molar-refractivity contribution in [3.63, 3.8) is 0 Å². The zero-order valence-corrected chi connectivity index (χ0v) is 24.0. The second kappa shape index (κ2) is 15.4. The van der Waals surface area contributed by atoms with Crippen molar-refractivity contribution >= 4 is 22.0 Å². The van der Waals surface area contributed by atoms with Crippen LogP contribution in [0.1, 0.15) is 30.5 Å². The molecule has 0 aromatic heterocycles. The summed E-state index contributed by atoms with van der Waals surface area (Å²) in [7, 11) is -2.93. The van der Waals surface area contributed by atoms with Gasteiger partial charge in [0.15, 0.2) is 0 Å². The Kier molecular flexibility index (Phi) is 11.7. The summed E-state index contributed by atoms with van der Waals surface area (Å²) in [6.45, 7) is 2.03. The van der Waals surface area contributed by atoms with Crippen molar-refractivity contribution in [3.8, 4) is 23.3 Å². The monoisotopic (exact) mass is 595 g/mol. The van der Waals surface area contributed by atoms with Gasteiger partial charge in [0.2, 0.25) is 10.0 Å². The zero-order chi connectivity index (χ0) is 30.5. The number of amides is 2. The van der Waals surface area contributed by atoms with Crippen LogP contribution in [0.3, 0.4) is 0 Å². The Hall–Kier alpha value is -4.57. The van der Waals surface area contributed by atoms with E-state index >= 15 is 0 Å². The minimum atomic E-state index is -4.17. The molecule has 0 aliphatic heterocycles. The van der Waals surface area contributed by atoms with Gasteiger partial charge < -0.3 is 19.9 Å². The van der Waals surface area contributed by atoms with E-state index < -0.39 is 28.1 Å². The molecule has 2 atom stereocenters. The fourth-order valence-corrected chi connectivity index (χ4v) is 5.44. The van der Waals surface area contributed by atoms with Gasteiger partial charge in [-0.1, -0.05) is 48.4 Å². The Bertz CT molecular complexity index is 1490. The van der Waals surface area contributed by atoms with Crippen LogP contribution in [-0.4, -0.2) is 61.3 Å². The van der Waals surface area contributed by atoms with Crippen LogP contribution >= 0.6 is 0 Å². The molecule has 0 aliphatic rings. The molecule has 0 radical (unpaired) electrons. The number of nitrogens with zero attached hydrogens (tertiary/aromatic N) is 1. The van der Waals surface area contributed by atoms with E-state index in [0.717, 1.165) is 9.87 Å². The van der Waals surface area contributed by atoms with Crippen LogP contribution in [0.2, 0.25) is 0 Å². The normalized spacial score (nSPS) is 12.4. The number of likely N-dealkylation sites (N-methyl/N-ethyl adjacent to an activating group) is 1. The summed E-state index contributed by atoms with van der Waals surface area (Å²) >= 11 is 0. The highest BCUT2D eigenvalue weighted by Gasteiger charge is 2.34. The van der Waals surface area contributed by atoms with Crippen molar-refractivity contribution < 1.29 is 37.8 Å². The molecule has 2 amide bonds. The molecule has 0 fully saturated rings. The standard InChI is InChI=1S/C30H33N3O8S/c1-3-4-20-40-24-14-16-27(17-15-24)42(38,39)33(2)28(29(34)32-37)23-10-12-25(13-11-23)41-26(18-19-31-30(35)36)21-22-8-6-5-7-9-22/h5-17,26,28,31,37H,18-21H2,1-2H3,(H,32,34)(H,35,36). The van der Waals surface area contributed by atoms with Gasteiger partial charge >= 0.3 is 6.09 Å². The summed E-state index contributed by atoms with van der Waals surface area (Å²) in [4.78, 5) is 23.5. The van der Waals surface area contributed by atoms with Gasteiger partial charge in [0.1, 0.15) is 30.3 Å². The summed E-state index contributed by atoms with van der Waals surface area (Å²) in [5.41, 5.74) is 2.84. The van der Waals surface area contributed by atoms with Crippen LogP contribution in [-0.2, 0) is 21.2 Å². The lowest BCUT2D eigenvalue weighted by atomic mass is 10.0. The smallest absolute Gasteiger partial charge is 0.404 e. The first-order valence-corrected chi connectivity index (χ1v) is 14.4. The molecule has 222 valence electrons. The van der Waals surface area contributed by atoms with Crippen molar-refractivity contribution in [2.45, 2.75) is 36.8 Å². The molecule has 0 saturated carbocycles. The van der Waals surface area contributed by atoms with Crippen LogP contribution in [0, 0.1) is 11.8 Å². The first kappa shape index (κ1) is 32.0. The second-order valence-electron chi connectivity index (χ2n) is 9.11. The Labute approximate surface area is 245 Å². The Morgan fingerprint density at radius 2 is 1.62 bits per heavy atom. The second-order valence-corrected chi connectivity index (χ2v) is 11.1. The predicted molar refractivity (Wildman–Crippen MR) is 155 cm³/mol. The van der Waals surface area contributed by atoms with Crippen LogP contribution in [0.15, 0.2) is 83.8 Å². The summed E-state index contributed by atoms with van der Waals surface area (Å²) in [5.74, 6) is 5.37. The fraction of sp³-hybridized carbons (Fsp3) is 0.267. The lowest BCUT2D eigenvalue weighted by molar-refractivity contribution is -0.133. The van der Waals surface area contributed by atoms with E-state index in [0.29, 0.717) is 24.3 Å². The number of carbonyl (C=O) groups excluding carboxylic acids is 1. The van der Waals surface area contributed by atoms with E-state index in [1.165, 1.54) is 43.4 Å². The maximum absolute atomic E-state index is 13.4. The van der Waals surface area contributed by atoms with Crippen LogP contribution in [0.4, 0.5) is 4.79 Å². The first-order chi connectivity index (χ1) is 20.1. The Balaban J connectivity index is 1.79. The van der Waals surface area contributed by atoms with Crippen molar-refractivity contribution in [3.05, 3.63) is 90.0 Å². The van der Waals surface area contributed by atoms with E-state index in [1.54, 1.807) is 24.5 Å². The lowest BCUT2D eigenvalue weighted by Gasteiger charge is -2.26. The molecule has 42 heavy (non-hydrogen) atoms. The molecule has 4 N–H and O–H groups in total. The summed E-state index contributed by atoms with van der Waals surface area (Å²) in [6.07, 6.45) is -0.576. The van der Waals surface area contributed by atoms with E-state index in [2.05, 4.69) is 17.2 Å². The predicted octanol–water partition coefficient (Wildman–Crippen LogP) is 3.60. The maximum atomic E-state index is 13.4. The van der Waals surface area contributed by atoms with Gasteiger partial charge in [0.05, 0.1) is 4.90 Å². The minimum Gasteiger partial charge on any atom is -0.490 e. The number of nitrogens with one attached hydrogen (secondary N) is 2. The number of carboxylic acid groups (broad SMARTS) is 1. The van der Waals surface area contributed by atoms with Gasteiger partial charge in [-0.25, -0.2) is 18.7 Å². The Morgan fingerprint density at radius 1 is 0.976 bits per heavy atom. The number of rotatable bonds is 14. The Morgan fingerprint density at radius 3 is 2.21 bits per heavy atom. The average molecular weight is 596 g/mol. The molecule has 12 heteroatoms. The highest BCUT2D eigenvalue weighted by atomic mass is 32.2. The van der Waals surface area contributed by atoms with Crippen LogP contribution in [0.25, 0.3) is 0 Å².